The number of hydrogen-bond donors (Lipinski definition) is 0. The average molecular weight is 398 g/mol. The largest absolute Gasteiger partial charge is 0.300 e. The third kappa shape index (κ3) is 4.18. The quantitative estimate of drug-likeness (QED) is 0.681. The molecular formula is C24H31NO2S. The maximum atomic E-state index is 12.7. The second-order valence-corrected chi connectivity index (χ2v) is 10.7. The monoisotopic (exact) mass is 397 g/mol. The lowest BCUT2D eigenvalue weighted by atomic mass is 10.0. The normalized spacial score (nSPS) is 21.4. The lowest BCUT2D eigenvalue weighted by Crippen LogP contribution is -2.28. The van der Waals surface area contributed by atoms with Crippen LogP contribution in [0, 0.1) is 0 Å². The first kappa shape index (κ1) is 19.7. The van der Waals surface area contributed by atoms with Crippen LogP contribution in [-0.4, -0.2) is 37.7 Å². The van der Waals surface area contributed by atoms with Gasteiger partial charge in [-0.25, -0.2) is 8.42 Å². The molecule has 0 bridgehead atoms. The molecule has 0 N–H and O–H groups in total. The highest BCUT2D eigenvalue weighted by atomic mass is 32.2. The smallest absolute Gasteiger partial charge is 0.181 e. The van der Waals surface area contributed by atoms with Crippen LogP contribution in [0.4, 0.5) is 0 Å². The van der Waals surface area contributed by atoms with Crippen molar-refractivity contribution in [2.24, 2.45) is 0 Å². The summed E-state index contributed by atoms with van der Waals surface area (Å²) in [6, 6.07) is 16.9. The Morgan fingerprint density at radius 3 is 2.04 bits per heavy atom. The van der Waals surface area contributed by atoms with Crippen LogP contribution >= 0.6 is 0 Å². The van der Waals surface area contributed by atoms with E-state index in [2.05, 4.69) is 36.1 Å². The van der Waals surface area contributed by atoms with Gasteiger partial charge in [0.1, 0.15) is 0 Å². The van der Waals surface area contributed by atoms with E-state index in [0.29, 0.717) is 4.90 Å². The SMILES string of the molecule is C[C@@H]1CCCN1CCc1ccc(-c2ccc(S(=O)(=O)C3CCCC3)cc2)cc1. The van der Waals surface area contributed by atoms with Crippen molar-refractivity contribution in [2.75, 3.05) is 13.1 Å². The van der Waals surface area contributed by atoms with E-state index in [9.17, 15) is 8.42 Å². The number of benzene rings is 2. The van der Waals surface area contributed by atoms with E-state index in [-0.39, 0.29) is 5.25 Å². The fourth-order valence-corrected chi connectivity index (χ4v) is 6.54. The Hall–Kier alpha value is -1.65. The zero-order chi connectivity index (χ0) is 19.6. The summed E-state index contributed by atoms with van der Waals surface area (Å²) in [4.78, 5) is 3.05. The predicted molar refractivity (Wildman–Crippen MR) is 115 cm³/mol. The first-order chi connectivity index (χ1) is 13.5. The van der Waals surface area contributed by atoms with Crippen LogP contribution in [-0.2, 0) is 16.3 Å². The fraction of sp³-hybridized carbons (Fsp3) is 0.500. The van der Waals surface area contributed by atoms with Crippen molar-refractivity contribution in [3.8, 4) is 11.1 Å². The van der Waals surface area contributed by atoms with Gasteiger partial charge in [0, 0.05) is 12.6 Å². The molecule has 1 heterocycles. The molecule has 1 saturated heterocycles. The van der Waals surface area contributed by atoms with Crippen LogP contribution in [0.15, 0.2) is 53.4 Å². The van der Waals surface area contributed by atoms with Crippen LogP contribution in [0.25, 0.3) is 11.1 Å². The van der Waals surface area contributed by atoms with Crippen LogP contribution in [0.3, 0.4) is 0 Å². The number of nitrogens with zero attached hydrogens (tertiary/aromatic N) is 1. The molecule has 1 aliphatic heterocycles. The number of likely N-dealkylation sites (tertiary alicyclic amines) is 1. The van der Waals surface area contributed by atoms with Crippen molar-refractivity contribution in [1.29, 1.82) is 0 Å². The van der Waals surface area contributed by atoms with Crippen molar-refractivity contribution >= 4 is 9.84 Å². The van der Waals surface area contributed by atoms with Gasteiger partial charge in [-0.15, -0.1) is 0 Å². The lowest BCUT2D eigenvalue weighted by molar-refractivity contribution is 0.272. The van der Waals surface area contributed by atoms with Gasteiger partial charge in [0.15, 0.2) is 9.84 Å². The third-order valence-electron chi connectivity index (χ3n) is 6.59. The molecule has 2 aromatic carbocycles. The second-order valence-electron chi connectivity index (χ2n) is 8.45. The summed E-state index contributed by atoms with van der Waals surface area (Å²) in [6.07, 6.45) is 7.42. The molecule has 1 atom stereocenters. The maximum Gasteiger partial charge on any atom is 0.181 e. The number of rotatable bonds is 6. The van der Waals surface area contributed by atoms with Crippen LogP contribution in [0.2, 0.25) is 0 Å². The summed E-state index contributed by atoms with van der Waals surface area (Å²) in [6.45, 7) is 4.69. The summed E-state index contributed by atoms with van der Waals surface area (Å²) in [5.74, 6) is 0. The molecule has 28 heavy (non-hydrogen) atoms. The van der Waals surface area contributed by atoms with Crippen LogP contribution in [0.5, 0.6) is 0 Å². The molecule has 150 valence electrons. The van der Waals surface area contributed by atoms with Gasteiger partial charge >= 0.3 is 0 Å². The molecule has 2 fully saturated rings. The molecule has 4 heteroatoms. The van der Waals surface area contributed by atoms with Gasteiger partial charge in [0.05, 0.1) is 10.1 Å². The molecule has 2 aromatic rings. The minimum atomic E-state index is -3.17. The third-order valence-corrected chi connectivity index (χ3v) is 8.87. The van der Waals surface area contributed by atoms with Gasteiger partial charge in [-0.2, -0.15) is 0 Å². The standard InChI is InChI=1S/C24H31NO2S/c1-19-5-4-17-25(19)18-16-20-8-10-21(11-9-20)22-12-14-24(15-13-22)28(26,27)23-6-2-3-7-23/h8-15,19,23H,2-7,16-18H2,1H3/t19-/m1/s1. The molecule has 0 unspecified atom stereocenters. The van der Waals surface area contributed by atoms with Crippen molar-refractivity contribution in [2.45, 2.75) is 68.1 Å². The summed E-state index contributed by atoms with van der Waals surface area (Å²) in [5, 5.41) is -0.184. The number of hydrogen-bond acceptors (Lipinski definition) is 3. The van der Waals surface area contributed by atoms with E-state index in [1.165, 1.54) is 24.9 Å². The Morgan fingerprint density at radius 1 is 0.857 bits per heavy atom. The molecule has 2 aliphatic rings. The Labute approximate surface area is 169 Å². The maximum absolute atomic E-state index is 12.7. The Morgan fingerprint density at radius 2 is 1.46 bits per heavy atom. The van der Waals surface area contributed by atoms with Crippen molar-refractivity contribution in [3.63, 3.8) is 0 Å². The van der Waals surface area contributed by atoms with Crippen molar-refractivity contribution < 1.29 is 8.42 Å². The Bertz CT molecular complexity index is 881. The molecule has 0 amide bonds. The van der Waals surface area contributed by atoms with Gasteiger partial charge in [0.2, 0.25) is 0 Å². The molecular weight excluding hydrogens is 366 g/mol. The highest BCUT2D eigenvalue weighted by Gasteiger charge is 2.30. The van der Waals surface area contributed by atoms with Crippen molar-refractivity contribution in [3.05, 3.63) is 54.1 Å². The van der Waals surface area contributed by atoms with Crippen LogP contribution in [0.1, 0.15) is 51.0 Å². The summed E-state index contributed by atoms with van der Waals surface area (Å²) >= 11 is 0. The zero-order valence-electron chi connectivity index (χ0n) is 16.8. The summed E-state index contributed by atoms with van der Waals surface area (Å²) in [5.41, 5.74) is 3.58. The van der Waals surface area contributed by atoms with E-state index in [1.807, 2.05) is 12.1 Å². The Kier molecular flexibility index (Phi) is 5.88. The molecule has 0 aromatic heterocycles. The highest BCUT2D eigenvalue weighted by Crippen LogP contribution is 2.31. The molecule has 0 spiro atoms. The minimum Gasteiger partial charge on any atom is -0.300 e. The van der Waals surface area contributed by atoms with E-state index in [4.69, 9.17) is 0 Å². The van der Waals surface area contributed by atoms with Gasteiger partial charge in [-0.3, -0.25) is 0 Å². The fourth-order valence-electron chi connectivity index (χ4n) is 4.69. The zero-order valence-corrected chi connectivity index (χ0v) is 17.6. The first-order valence-corrected chi connectivity index (χ1v) is 12.3. The minimum absolute atomic E-state index is 0.184. The second kappa shape index (κ2) is 8.38. The Balaban J connectivity index is 1.41. The lowest BCUT2D eigenvalue weighted by Gasteiger charge is -2.20. The molecule has 3 nitrogen and oxygen atoms in total. The van der Waals surface area contributed by atoms with E-state index < -0.39 is 9.84 Å². The molecule has 1 saturated carbocycles. The van der Waals surface area contributed by atoms with E-state index >= 15 is 0 Å². The first-order valence-electron chi connectivity index (χ1n) is 10.7. The highest BCUT2D eigenvalue weighted by molar-refractivity contribution is 7.92. The van der Waals surface area contributed by atoms with Gasteiger partial charge in [-0.05, 0) is 74.4 Å². The number of sulfone groups is 1. The predicted octanol–water partition coefficient (Wildman–Crippen LogP) is 5.10. The van der Waals surface area contributed by atoms with Crippen LogP contribution < -0.4 is 0 Å². The topological polar surface area (TPSA) is 37.4 Å². The van der Waals surface area contributed by atoms with Gasteiger partial charge < -0.3 is 4.90 Å². The summed E-state index contributed by atoms with van der Waals surface area (Å²) in [7, 11) is -3.17. The summed E-state index contributed by atoms with van der Waals surface area (Å²) < 4.78 is 25.5. The molecule has 0 radical (unpaired) electrons. The van der Waals surface area contributed by atoms with Crippen molar-refractivity contribution in [1.82, 2.24) is 4.90 Å². The van der Waals surface area contributed by atoms with Gasteiger partial charge in [0.25, 0.3) is 0 Å². The molecule has 1 aliphatic carbocycles. The van der Waals surface area contributed by atoms with E-state index in [0.717, 1.165) is 55.8 Å². The average Bonchev–Trinajstić information content (AvgIpc) is 3.39. The van der Waals surface area contributed by atoms with Gasteiger partial charge in [-0.1, -0.05) is 49.2 Å². The molecule has 4 rings (SSSR count). The van der Waals surface area contributed by atoms with E-state index in [1.54, 1.807) is 12.1 Å².